The van der Waals surface area contributed by atoms with Gasteiger partial charge in [-0.3, -0.25) is 0 Å². The van der Waals surface area contributed by atoms with Crippen LogP contribution in [0.25, 0.3) is 0 Å². The van der Waals surface area contributed by atoms with Gasteiger partial charge in [0.1, 0.15) is 0 Å². The molecule has 0 aromatic heterocycles. The van der Waals surface area contributed by atoms with Crippen LogP contribution in [-0.4, -0.2) is 25.0 Å². The average molecular weight is 364 g/mol. The van der Waals surface area contributed by atoms with E-state index in [2.05, 4.69) is 57.1 Å². The Morgan fingerprint density at radius 1 is 0.577 bits per heavy atom. The smallest absolute Gasteiger partial charge is 0.00891 e. The van der Waals surface area contributed by atoms with E-state index >= 15 is 0 Å². The topological polar surface area (TPSA) is 3.24 Å². The molecule has 0 rings (SSSR count). The Morgan fingerprint density at radius 3 is 1.62 bits per heavy atom. The lowest BCUT2D eigenvalue weighted by Gasteiger charge is -2.24. The van der Waals surface area contributed by atoms with Crippen LogP contribution in [0.5, 0.6) is 0 Å². The normalized spacial score (nSPS) is 13.4. The largest absolute Gasteiger partial charge is 0.306 e. The van der Waals surface area contributed by atoms with Crippen molar-refractivity contribution in [3.05, 3.63) is 24.3 Å². The Labute approximate surface area is 166 Å². The summed E-state index contributed by atoms with van der Waals surface area (Å²) in [5, 5.41) is 0. The second-order valence-corrected chi connectivity index (χ2v) is 8.13. The zero-order valence-electron chi connectivity index (χ0n) is 18.6. The molecule has 0 bridgehead atoms. The molecule has 0 aliphatic heterocycles. The van der Waals surface area contributed by atoms with Gasteiger partial charge in [0, 0.05) is 6.04 Å². The number of rotatable bonds is 19. The highest BCUT2D eigenvalue weighted by atomic mass is 15.1. The van der Waals surface area contributed by atoms with Crippen LogP contribution in [0.2, 0.25) is 0 Å². The second kappa shape index (κ2) is 20.7. The molecule has 0 N–H and O–H groups in total. The maximum absolute atomic E-state index is 2.44. The van der Waals surface area contributed by atoms with Crippen LogP contribution in [0.3, 0.4) is 0 Å². The molecule has 1 atom stereocenters. The number of allylic oxidation sites excluding steroid dienone is 4. The third-order valence-electron chi connectivity index (χ3n) is 5.36. The van der Waals surface area contributed by atoms with Crippen LogP contribution in [0.15, 0.2) is 24.3 Å². The molecule has 154 valence electrons. The summed E-state index contributed by atoms with van der Waals surface area (Å²) in [6.45, 7) is 4.56. The summed E-state index contributed by atoms with van der Waals surface area (Å²) in [4.78, 5) is 2.44. The summed E-state index contributed by atoms with van der Waals surface area (Å²) in [5.41, 5.74) is 0. The van der Waals surface area contributed by atoms with Gasteiger partial charge in [0.15, 0.2) is 0 Å². The Morgan fingerprint density at radius 2 is 1.04 bits per heavy atom. The van der Waals surface area contributed by atoms with Gasteiger partial charge in [0.25, 0.3) is 0 Å². The summed E-state index contributed by atoms with van der Waals surface area (Å²) >= 11 is 0. The van der Waals surface area contributed by atoms with Gasteiger partial charge in [-0.25, -0.2) is 0 Å². The van der Waals surface area contributed by atoms with Crippen LogP contribution in [0.1, 0.15) is 117 Å². The fourth-order valence-corrected chi connectivity index (χ4v) is 3.48. The van der Waals surface area contributed by atoms with Crippen molar-refractivity contribution in [3.8, 4) is 0 Å². The monoisotopic (exact) mass is 363 g/mol. The van der Waals surface area contributed by atoms with E-state index in [1.807, 2.05) is 0 Å². The van der Waals surface area contributed by atoms with Crippen molar-refractivity contribution in [1.29, 1.82) is 0 Å². The molecule has 0 aliphatic rings. The van der Waals surface area contributed by atoms with E-state index in [-0.39, 0.29) is 0 Å². The number of unbranched alkanes of at least 4 members (excludes halogenated alkanes) is 10. The molecule has 0 amide bonds. The van der Waals surface area contributed by atoms with E-state index in [1.165, 1.54) is 96.3 Å². The summed E-state index contributed by atoms with van der Waals surface area (Å²) in [6.07, 6.45) is 31.0. The standard InChI is InChI=1S/C25H49N/c1-5-7-9-10-11-12-13-14-15-16-17-18-19-20-22-24-25(26(3)4)23-21-8-6-2/h11-12,14-15,25H,5-10,13,16-24H2,1-4H3/b12-11+,15-14+. The molecule has 0 radical (unpaired) electrons. The minimum Gasteiger partial charge on any atom is -0.306 e. The SMILES string of the molecule is CCCCC/C=C/C/C=C/CCCCCCCC(CCCCC)N(C)C. The minimum absolute atomic E-state index is 0.805. The molecular weight excluding hydrogens is 314 g/mol. The van der Waals surface area contributed by atoms with E-state index in [4.69, 9.17) is 0 Å². The Kier molecular flexibility index (Phi) is 20.3. The molecule has 26 heavy (non-hydrogen) atoms. The van der Waals surface area contributed by atoms with Gasteiger partial charge in [-0.15, -0.1) is 0 Å². The molecule has 0 saturated heterocycles. The van der Waals surface area contributed by atoms with E-state index in [1.54, 1.807) is 0 Å². The molecule has 0 aromatic carbocycles. The Hall–Kier alpha value is -0.560. The van der Waals surface area contributed by atoms with Crippen molar-refractivity contribution in [3.63, 3.8) is 0 Å². The maximum atomic E-state index is 2.44. The summed E-state index contributed by atoms with van der Waals surface area (Å²) in [5.74, 6) is 0. The van der Waals surface area contributed by atoms with Gasteiger partial charge in [0.05, 0.1) is 0 Å². The zero-order valence-corrected chi connectivity index (χ0v) is 18.6. The van der Waals surface area contributed by atoms with Crippen molar-refractivity contribution < 1.29 is 0 Å². The van der Waals surface area contributed by atoms with E-state index in [9.17, 15) is 0 Å². The lowest BCUT2D eigenvalue weighted by molar-refractivity contribution is 0.252. The first-order valence-corrected chi connectivity index (χ1v) is 11.7. The quantitative estimate of drug-likeness (QED) is 0.165. The molecule has 0 aliphatic carbocycles. The predicted molar refractivity (Wildman–Crippen MR) is 121 cm³/mol. The maximum Gasteiger partial charge on any atom is 0.00891 e. The Bertz CT molecular complexity index is 316. The van der Waals surface area contributed by atoms with Gasteiger partial charge in [-0.05, 0) is 59.0 Å². The fraction of sp³-hybridized carbons (Fsp3) is 0.840. The number of nitrogens with zero attached hydrogens (tertiary/aromatic N) is 1. The van der Waals surface area contributed by atoms with Crippen molar-refractivity contribution in [2.75, 3.05) is 14.1 Å². The molecule has 0 fully saturated rings. The van der Waals surface area contributed by atoms with E-state index < -0.39 is 0 Å². The molecule has 1 nitrogen and oxygen atoms in total. The van der Waals surface area contributed by atoms with Gasteiger partial charge in [0.2, 0.25) is 0 Å². The summed E-state index contributed by atoms with van der Waals surface area (Å²) < 4.78 is 0. The van der Waals surface area contributed by atoms with Gasteiger partial charge < -0.3 is 4.90 Å². The third kappa shape index (κ3) is 18.2. The molecule has 0 saturated carbocycles. The Balaban J connectivity index is 3.44. The third-order valence-corrected chi connectivity index (χ3v) is 5.36. The van der Waals surface area contributed by atoms with Crippen LogP contribution in [-0.2, 0) is 0 Å². The predicted octanol–water partition coefficient (Wildman–Crippen LogP) is 8.31. The van der Waals surface area contributed by atoms with Gasteiger partial charge in [-0.2, -0.15) is 0 Å². The van der Waals surface area contributed by atoms with E-state index in [0.29, 0.717) is 0 Å². The first-order valence-electron chi connectivity index (χ1n) is 11.7. The van der Waals surface area contributed by atoms with Gasteiger partial charge in [-0.1, -0.05) is 95.9 Å². The van der Waals surface area contributed by atoms with Crippen LogP contribution in [0.4, 0.5) is 0 Å². The van der Waals surface area contributed by atoms with Crippen LogP contribution < -0.4 is 0 Å². The highest BCUT2D eigenvalue weighted by molar-refractivity contribution is 4.92. The van der Waals surface area contributed by atoms with Crippen molar-refractivity contribution >= 4 is 0 Å². The summed E-state index contributed by atoms with van der Waals surface area (Å²) in [7, 11) is 4.51. The highest BCUT2D eigenvalue weighted by Crippen LogP contribution is 2.16. The van der Waals surface area contributed by atoms with Crippen molar-refractivity contribution in [2.45, 2.75) is 123 Å². The average Bonchev–Trinajstić information content (AvgIpc) is 2.63. The molecule has 0 aromatic rings. The summed E-state index contributed by atoms with van der Waals surface area (Å²) in [6, 6.07) is 0.805. The number of hydrogen-bond donors (Lipinski definition) is 0. The first-order chi connectivity index (χ1) is 12.7. The van der Waals surface area contributed by atoms with Crippen molar-refractivity contribution in [1.82, 2.24) is 4.90 Å². The fourth-order valence-electron chi connectivity index (χ4n) is 3.48. The highest BCUT2D eigenvalue weighted by Gasteiger charge is 2.10. The van der Waals surface area contributed by atoms with Gasteiger partial charge >= 0.3 is 0 Å². The zero-order chi connectivity index (χ0) is 19.3. The molecule has 0 heterocycles. The van der Waals surface area contributed by atoms with Crippen LogP contribution >= 0.6 is 0 Å². The number of hydrogen-bond acceptors (Lipinski definition) is 1. The molecular formula is C25H49N. The first kappa shape index (κ1) is 25.4. The second-order valence-electron chi connectivity index (χ2n) is 8.13. The molecule has 1 unspecified atom stereocenters. The van der Waals surface area contributed by atoms with E-state index in [0.717, 1.165) is 12.5 Å². The van der Waals surface area contributed by atoms with Crippen molar-refractivity contribution in [2.24, 2.45) is 0 Å². The molecule has 0 spiro atoms. The lowest BCUT2D eigenvalue weighted by Crippen LogP contribution is -2.27. The molecule has 1 heteroatoms. The van der Waals surface area contributed by atoms with Crippen LogP contribution in [0, 0.1) is 0 Å². The lowest BCUT2D eigenvalue weighted by atomic mass is 10.00. The minimum atomic E-state index is 0.805.